The highest BCUT2D eigenvalue weighted by molar-refractivity contribution is 5.81. The van der Waals surface area contributed by atoms with E-state index < -0.39 is 52.8 Å². The van der Waals surface area contributed by atoms with Crippen LogP contribution in [-0.2, 0) is 23.9 Å². The molecule has 0 amide bonds. The number of ether oxygens (including phenoxy) is 4. The number of benzene rings is 1. The monoisotopic (exact) mass is 565 g/mol. The number of nitrogens with two attached hydrogens (primary N) is 1. The van der Waals surface area contributed by atoms with Gasteiger partial charge in [-0.2, -0.15) is 0 Å². The van der Waals surface area contributed by atoms with E-state index in [9.17, 15) is 24.3 Å². The Kier molecular flexibility index (Phi) is 12.6. The molecule has 0 heterocycles. The van der Waals surface area contributed by atoms with E-state index in [1.165, 1.54) is 12.1 Å². The Morgan fingerprint density at radius 2 is 1.38 bits per heavy atom. The molecule has 0 aliphatic rings. The van der Waals surface area contributed by atoms with Crippen molar-refractivity contribution in [2.75, 3.05) is 6.61 Å². The molecule has 226 valence electrons. The highest BCUT2D eigenvalue weighted by Crippen LogP contribution is 2.38. The lowest BCUT2D eigenvalue weighted by molar-refractivity contribution is -0.147. The third-order valence-corrected chi connectivity index (χ3v) is 7.60. The molecule has 10 heteroatoms. The lowest BCUT2D eigenvalue weighted by atomic mass is 9.82. The van der Waals surface area contributed by atoms with Gasteiger partial charge in [0.25, 0.3) is 0 Å². The van der Waals surface area contributed by atoms with Crippen molar-refractivity contribution in [2.24, 2.45) is 28.4 Å². The zero-order valence-corrected chi connectivity index (χ0v) is 25.5. The topological polar surface area (TPSA) is 151 Å². The van der Waals surface area contributed by atoms with Gasteiger partial charge in [0.2, 0.25) is 0 Å². The fraction of sp³-hybridized carbons (Fsp3) is 0.667. The summed E-state index contributed by atoms with van der Waals surface area (Å²) >= 11 is 0. The average Bonchev–Trinajstić information content (AvgIpc) is 2.88. The minimum atomic E-state index is -1.38. The zero-order valence-electron chi connectivity index (χ0n) is 25.5. The molecule has 0 saturated heterocycles. The van der Waals surface area contributed by atoms with Crippen LogP contribution >= 0.6 is 0 Å². The van der Waals surface area contributed by atoms with Crippen molar-refractivity contribution in [3.05, 3.63) is 23.8 Å². The van der Waals surface area contributed by atoms with Crippen LogP contribution in [0.2, 0.25) is 0 Å². The minimum Gasteiger partial charge on any atom is -0.480 e. The van der Waals surface area contributed by atoms with E-state index in [2.05, 4.69) is 0 Å². The SMILES string of the molecule is CCC(C)(C)C(=O)Oc1ccc(C(C(C)COC(=O)OC(C)C(C)C)[C@H](N)C(=O)O)cc1OC(=O)C(C)(C)CC. The second-order valence-corrected chi connectivity index (χ2v) is 12.0. The smallest absolute Gasteiger partial charge is 0.480 e. The molecule has 0 bridgehead atoms. The molecule has 0 aliphatic heterocycles. The molecular weight excluding hydrogens is 518 g/mol. The van der Waals surface area contributed by atoms with Gasteiger partial charge in [-0.05, 0) is 77.0 Å². The van der Waals surface area contributed by atoms with Gasteiger partial charge >= 0.3 is 24.1 Å². The van der Waals surface area contributed by atoms with Gasteiger partial charge in [-0.3, -0.25) is 14.4 Å². The third kappa shape index (κ3) is 9.50. The Morgan fingerprint density at radius 3 is 1.82 bits per heavy atom. The number of carboxylic acid groups (broad SMARTS) is 1. The number of carboxylic acids is 1. The number of hydrogen-bond acceptors (Lipinski definition) is 9. The van der Waals surface area contributed by atoms with E-state index >= 15 is 0 Å². The summed E-state index contributed by atoms with van der Waals surface area (Å²) in [4.78, 5) is 49.9. The molecule has 1 aromatic carbocycles. The van der Waals surface area contributed by atoms with E-state index in [0.717, 1.165) is 0 Å². The molecule has 1 aromatic rings. The molecule has 3 N–H and O–H groups in total. The lowest BCUT2D eigenvalue weighted by Gasteiger charge is -2.29. The largest absolute Gasteiger partial charge is 0.508 e. The van der Waals surface area contributed by atoms with Crippen LogP contribution in [0.15, 0.2) is 18.2 Å². The molecular formula is C30H47NO9. The molecule has 0 radical (unpaired) electrons. The van der Waals surface area contributed by atoms with Crippen molar-refractivity contribution >= 4 is 24.1 Å². The normalized spacial score (nSPS) is 15.0. The first-order valence-electron chi connectivity index (χ1n) is 13.8. The Hall–Kier alpha value is -3.14. The molecule has 0 aliphatic carbocycles. The molecule has 0 fully saturated rings. The van der Waals surface area contributed by atoms with Crippen molar-refractivity contribution in [1.82, 2.24) is 0 Å². The van der Waals surface area contributed by atoms with Crippen molar-refractivity contribution in [2.45, 2.75) is 100 Å². The van der Waals surface area contributed by atoms with E-state index in [1.807, 2.05) is 27.7 Å². The number of hydrogen-bond donors (Lipinski definition) is 2. The average molecular weight is 566 g/mol. The first-order chi connectivity index (χ1) is 18.4. The van der Waals surface area contributed by atoms with Crippen LogP contribution in [0, 0.1) is 22.7 Å². The standard InChI is InChI=1S/C30H47NO9/c1-11-29(7,8)26(34)39-21-14-13-20(15-22(21)40-27(35)30(9,10)12-2)23(24(31)25(32)33)18(5)16-37-28(36)38-19(6)17(3)4/h13-15,17-19,23-24H,11-12,16,31H2,1-10H3,(H,32,33)/t18?,19?,23?,24-/m0/s1. The first-order valence-corrected chi connectivity index (χ1v) is 13.8. The summed E-state index contributed by atoms with van der Waals surface area (Å²) in [5.41, 5.74) is 4.88. The molecule has 40 heavy (non-hydrogen) atoms. The Balaban J connectivity index is 3.46. The van der Waals surface area contributed by atoms with Crippen molar-refractivity contribution < 1.29 is 43.2 Å². The Morgan fingerprint density at radius 1 is 0.875 bits per heavy atom. The van der Waals surface area contributed by atoms with E-state index in [-0.39, 0.29) is 30.1 Å². The summed E-state index contributed by atoms with van der Waals surface area (Å²) in [5, 5.41) is 9.75. The van der Waals surface area contributed by atoms with Crippen molar-refractivity contribution in [3.8, 4) is 11.5 Å². The summed E-state index contributed by atoms with van der Waals surface area (Å²) < 4.78 is 21.9. The van der Waals surface area contributed by atoms with Gasteiger partial charge in [0, 0.05) is 5.92 Å². The molecule has 3 unspecified atom stereocenters. The highest BCUT2D eigenvalue weighted by Gasteiger charge is 2.35. The number of carbonyl (C=O) groups is 4. The molecule has 4 atom stereocenters. The number of rotatable bonds is 14. The van der Waals surface area contributed by atoms with Crippen LogP contribution in [0.5, 0.6) is 11.5 Å². The fourth-order valence-electron chi connectivity index (χ4n) is 3.33. The summed E-state index contributed by atoms with van der Waals surface area (Å²) in [6.07, 6.45) is -0.214. The van der Waals surface area contributed by atoms with Crippen molar-refractivity contribution in [1.29, 1.82) is 0 Å². The summed E-state index contributed by atoms with van der Waals surface area (Å²) in [7, 11) is 0. The molecule has 1 rings (SSSR count). The van der Waals surface area contributed by atoms with Crippen molar-refractivity contribution in [3.63, 3.8) is 0 Å². The Labute approximate surface area is 237 Å². The van der Waals surface area contributed by atoms with Crippen LogP contribution in [0.1, 0.15) is 93.6 Å². The molecule has 0 spiro atoms. The maximum atomic E-state index is 13.0. The van der Waals surface area contributed by atoms with Crippen LogP contribution in [0.25, 0.3) is 0 Å². The fourth-order valence-corrected chi connectivity index (χ4v) is 3.33. The molecule has 10 nitrogen and oxygen atoms in total. The van der Waals surface area contributed by atoms with Crippen LogP contribution < -0.4 is 15.2 Å². The second kappa shape index (κ2) is 14.5. The van der Waals surface area contributed by atoms with E-state index in [1.54, 1.807) is 47.6 Å². The quantitative estimate of drug-likeness (QED) is 0.212. The van der Waals surface area contributed by atoms with Gasteiger partial charge in [-0.25, -0.2) is 4.79 Å². The first kappa shape index (κ1) is 34.9. The minimum absolute atomic E-state index is 0.0216. The predicted molar refractivity (Wildman–Crippen MR) is 150 cm³/mol. The highest BCUT2D eigenvalue weighted by atomic mass is 16.7. The van der Waals surface area contributed by atoms with Crippen LogP contribution in [0.4, 0.5) is 4.79 Å². The van der Waals surface area contributed by atoms with Crippen LogP contribution in [0.3, 0.4) is 0 Å². The third-order valence-electron chi connectivity index (χ3n) is 7.60. The van der Waals surface area contributed by atoms with Gasteiger partial charge in [0.15, 0.2) is 11.5 Å². The zero-order chi connectivity index (χ0) is 31.0. The van der Waals surface area contributed by atoms with Crippen LogP contribution in [-0.4, -0.2) is 47.9 Å². The van der Waals surface area contributed by atoms with Gasteiger partial charge < -0.3 is 29.8 Å². The lowest BCUT2D eigenvalue weighted by Crippen LogP contribution is -2.41. The van der Waals surface area contributed by atoms with E-state index in [4.69, 9.17) is 24.7 Å². The second-order valence-electron chi connectivity index (χ2n) is 12.0. The molecule has 0 aromatic heterocycles. The van der Waals surface area contributed by atoms with Gasteiger partial charge in [-0.15, -0.1) is 0 Å². The number of esters is 2. The van der Waals surface area contributed by atoms with Gasteiger partial charge in [0.1, 0.15) is 12.1 Å². The molecule has 0 saturated carbocycles. The van der Waals surface area contributed by atoms with E-state index in [0.29, 0.717) is 18.4 Å². The summed E-state index contributed by atoms with van der Waals surface area (Å²) in [6.45, 7) is 17.7. The number of aliphatic carboxylic acids is 1. The Bertz CT molecular complexity index is 1050. The van der Waals surface area contributed by atoms with Gasteiger partial charge in [-0.1, -0.05) is 40.7 Å². The summed E-state index contributed by atoms with van der Waals surface area (Å²) in [5.74, 6) is -3.68. The predicted octanol–water partition coefficient (Wildman–Crippen LogP) is 5.70. The number of carbonyl (C=O) groups excluding carboxylic acids is 3. The summed E-state index contributed by atoms with van der Waals surface area (Å²) in [6, 6.07) is 3.09. The maximum absolute atomic E-state index is 13.0. The van der Waals surface area contributed by atoms with Gasteiger partial charge in [0.05, 0.1) is 17.4 Å². The maximum Gasteiger partial charge on any atom is 0.508 e.